The first kappa shape index (κ1) is 26.4. The zero-order valence-electron chi connectivity index (χ0n) is 21.4. The van der Waals surface area contributed by atoms with Gasteiger partial charge in [-0.3, -0.25) is 28.9 Å². The fourth-order valence-electron chi connectivity index (χ4n) is 5.43. The van der Waals surface area contributed by atoms with Crippen molar-refractivity contribution < 1.29 is 28.0 Å². The number of halogens is 2. The van der Waals surface area contributed by atoms with E-state index in [0.29, 0.717) is 11.1 Å². The van der Waals surface area contributed by atoms with Gasteiger partial charge in [-0.05, 0) is 61.9 Å². The third-order valence-corrected chi connectivity index (χ3v) is 7.74. The van der Waals surface area contributed by atoms with Gasteiger partial charge in [0.05, 0.1) is 12.1 Å². The number of hydrogen-bond donors (Lipinski definition) is 2. The van der Waals surface area contributed by atoms with Crippen molar-refractivity contribution in [2.75, 3.05) is 6.54 Å². The quantitative estimate of drug-likeness (QED) is 0.434. The minimum absolute atomic E-state index is 0.0160. The molecule has 2 N–H and O–H groups in total. The van der Waals surface area contributed by atoms with Crippen LogP contribution in [0, 0.1) is 12.7 Å². The molecule has 1 aromatic heterocycles. The van der Waals surface area contributed by atoms with E-state index in [4.69, 9.17) is 0 Å². The summed E-state index contributed by atoms with van der Waals surface area (Å²) >= 11 is 0. The lowest BCUT2D eigenvalue weighted by Gasteiger charge is -2.41. The first-order chi connectivity index (χ1) is 18.4. The predicted octanol–water partition coefficient (Wildman–Crippen LogP) is 1.09. The van der Waals surface area contributed by atoms with Gasteiger partial charge in [0, 0.05) is 19.8 Å². The van der Waals surface area contributed by atoms with Gasteiger partial charge in [0.2, 0.25) is 0 Å². The molecule has 4 heterocycles. The number of aryl methyl sites for hydroxylation is 2. The average molecular weight is 540 g/mol. The summed E-state index contributed by atoms with van der Waals surface area (Å²) in [5, 5.41) is 5.36. The molecular formula is C27H27F2N5O5. The molecule has 3 fully saturated rings. The molecule has 2 saturated heterocycles. The van der Waals surface area contributed by atoms with Crippen LogP contribution in [0.2, 0.25) is 0 Å². The van der Waals surface area contributed by atoms with Crippen molar-refractivity contribution in [3.8, 4) is 0 Å². The molecule has 1 saturated carbocycles. The van der Waals surface area contributed by atoms with Crippen LogP contribution >= 0.6 is 0 Å². The van der Waals surface area contributed by atoms with Gasteiger partial charge in [0.25, 0.3) is 29.1 Å². The van der Waals surface area contributed by atoms with Gasteiger partial charge in [-0.15, -0.1) is 0 Å². The van der Waals surface area contributed by atoms with Crippen LogP contribution in [-0.4, -0.2) is 62.6 Å². The monoisotopic (exact) mass is 539 g/mol. The fraction of sp³-hybridized carbons (Fsp3) is 0.407. The number of alkyl halides is 1. The number of aliphatic imine (C=N–C) groups is 1. The van der Waals surface area contributed by atoms with Crippen molar-refractivity contribution in [1.82, 2.24) is 20.1 Å². The standard InChI is InChI=1S/C27H27F2N5O5/c1-15-12-16(5-6-18(15)28)13-30-22(37)19-20(35)24(39)34-14-26(29)7-9-27(10-8-26,25(34)31-19)32-21(36)17-4-3-11-33(2)23(17)38/h3-6,11-12,19H,7-10,13-14H2,1-2H3,(H,30,37)(H,32,36). The minimum Gasteiger partial charge on any atom is -0.350 e. The second-order valence-corrected chi connectivity index (χ2v) is 10.4. The summed E-state index contributed by atoms with van der Waals surface area (Å²) in [4.78, 5) is 70.3. The molecule has 2 aromatic rings. The van der Waals surface area contributed by atoms with Crippen molar-refractivity contribution in [1.29, 1.82) is 0 Å². The van der Waals surface area contributed by atoms with Gasteiger partial charge in [-0.2, -0.15) is 0 Å². The Morgan fingerprint density at radius 1 is 1.13 bits per heavy atom. The summed E-state index contributed by atoms with van der Waals surface area (Å²) in [6, 6.07) is 5.43. The molecule has 12 heteroatoms. The van der Waals surface area contributed by atoms with Crippen molar-refractivity contribution in [2.24, 2.45) is 12.0 Å². The highest BCUT2D eigenvalue weighted by atomic mass is 19.1. The lowest BCUT2D eigenvalue weighted by molar-refractivity contribution is -0.146. The van der Waals surface area contributed by atoms with Gasteiger partial charge < -0.3 is 15.2 Å². The summed E-state index contributed by atoms with van der Waals surface area (Å²) in [7, 11) is 1.49. The van der Waals surface area contributed by atoms with E-state index in [1.165, 1.54) is 42.1 Å². The topological polar surface area (TPSA) is 130 Å². The second kappa shape index (κ2) is 9.51. The zero-order valence-corrected chi connectivity index (χ0v) is 21.4. The van der Waals surface area contributed by atoms with E-state index in [9.17, 15) is 28.4 Å². The minimum atomic E-state index is -1.79. The molecule has 3 aliphatic heterocycles. The normalized spacial score (nSPS) is 26.0. The highest BCUT2D eigenvalue weighted by Crippen LogP contribution is 2.44. The Balaban J connectivity index is 1.48. The Hall–Kier alpha value is -4.22. The van der Waals surface area contributed by atoms with E-state index in [2.05, 4.69) is 15.6 Å². The van der Waals surface area contributed by atoms with Crippen molar-refractivity contribution in [3.05, 3.63) is 69.4 Å². The Morgan fingerprint density at radius 2 is 1.85 bits per heavy atom. The number of carbonyl (C=O) groups is 4. The van der Waals surface area contributed by atoms with Crippen molar-refractivity contribution in [2.45, 2.75) is 56.4 Å². The molecule has 1 aromatic carbocycles. The molecule has 39 heavy (non-hydrogen) atoms. The Labute approximate surface area is 222 Å². The number of rotatable bonds is 5. The van der Waals surface area contributed by atoms with Crippen LogP contribution in [0.5, 0.6) is 0 Å². The SMILES string of the molecule is Cc1cc(CNC(=O)C2N=C3N(CC4(F)CCC3(NC(=O)c3cccn(C)c3=O)CC4)C(=O)C2=O)ccc1F. The number of hydrogen-bond acceptors (Lipinski definition) is 6. The number of amidine groups is 1. The Morgan fingerprint density at radius 3 is 2.54 bits per heavy atom. The number of Topliss-reactive ketones (excluding diaryl/α,β-unsaturated/α-hetero) is 1. The van der Waals surface area contributed by atoms with Gasteiger partial charge >= 0.3 is 0 Å². The molecule has 2 bridgehead atoms. The Bertz CT molecular complexity index is 1490. The van der Waals surface area contributed by atoms with Crippen LogP contribution in [0.3, 0.4) is 0 Å². The lowest BCUT2D eigenvalue weighted by atomic mass is 9.76. The van der Waals surface area contributed by atoms with Crippen LogP contribution < -0.4 is 16.2 Å². The van der Waals surface area contributed by atoms with Gasteiger partial charge in [-0.25, -0.2) is 13.8 Å². The summed E-state index contributed by atoms with van der Waals surface area (Å²) in [6.45, 7) is 1.10. The molecular weight excluding hydrogens is 512 g/mol. The van der Waals surface area contributed by atoms with E-state index in [1.807, 2.05) is 0 Å². The highest BCUT2D eigenvalue weighted by Gasteiger charge is 2.58. The van der Waals surface area contributed by atoms with Crippen LogP contribution in [0.4, 0.5) is 8.78 Å². The first-order valence-electron chi connectivity index (χ1n) is 12.6. The number of ketones is 1. The third-order valence-electron chi connectivity index (χ3n) is 7.74. The molecule has 204 valence electrons. The largest absolute Gasteiger partial charge is 0.350 e. The fourth-order valence-corrected chi connectivity index (χ4v) is 5.43. The van der Waals surface area contributed by atoms with Crippen molar-refractivity contribution >= 4 is 29.3 Å². The summed E-state index contributed by atoms with van der Waals surface area (Å²) in [5.41, 5.74) is -2.90. The second-order valence-electron chi connectivity index (χ2n) is 10.4. The van der Waals surface area contributed by atoms with Gasteiger partial charge in [0.1, 0.15) is 22.9 Å². The lowest BCUT2D eigenvalue weighted by Crippen LogP contribution is -2.64. The zero-order chi connectivity index (χ0) is 28.1. The smallest absolute Gasteiger partial charge is 0.298 e. The first-order valence-corrected chi connectivity index (χ1v) is 12.6. The van der Waals surface area contributed by atoms with E-state index < -0.39 is 58.7 Å². The molecule has 6 rings (SSSR count). The number of carbonyl (C=O) groups excluding carboxylic acids is 4. The maximum Gasteiger partial charge on any atom is 0.298 e. The molecule has 1 atom stereocenters. The molecule has 1 unspecified atom stereocenters. The number of nitrogens with zero attached hydrogens (tertiary/aromatic N) is 3. The highest BCUT2D eigenvalue weighted by molar-refractivity contribution is 6.46. The van der Waals surface area contributed by atoms with Gasteiger partial charge in [0.15, 0.2) is 6.04 Å². The summed E-state index contributed by atoms with van der Waals surface area (Å²) in [5.74, 6) is -4.26. The van der Waals surface area contributed by atoms with Crippen LogP contribution in [-0.2, 0) is 28.0 Å². The van der Waals surface area contributed by atoms with E-state index in [1.54, 1.807) is 13.0 Å². The number of fused-ring (bicyclic) bond motifs is 2. The molecule has 4 aliphatic rings. The molecule has 0 spiro atoms. The molecule has 1 aliphatic carbocycles. The number of benzene rings is 1. The maximum atomic E-state index is 15.6. The molecule has 10 nitrogen and oxygen atoms in total. The number of aromatic nitrogens is 1. The van der Waals surface area contributed by atoms with Crippen molar-refractivity contribution in [3.63, 3.8) is 0 Å². The summed E-state index contributed by atoms with van der Waals surface area (Å²) in [6.07, 6.45) is 1.58. The number of amides is 3. The van der Waals surface area contributed by atoms with Crippen LogP contribution in [0.15, 0.2) is 46.3 Å². The van der Waals surface area contributed by atoms with E-state index in [-0.39, 0.29) is 43.6 Å². The Kier molecular flexibility index (Phi) is 6.44. The van der Waals surface area contributed by atoms with E-state index in [0.717, 1.165) is 4.90 Å². The predicted molar refractivity (Wildman–Crippen MR) is 135 cm³/mol. The third kappa shape index (κ3) is 4.64. The van der Waals surface area contributed by atoms with Crippen LogP contribution in [0.25, 0.3) is 0 Å². The maximum absolute atomic E-state index is 15.6. The van der Waals surface area contributed by atoms with Crippen LogP contribution in [0.1, 0.15) is 47.2 Å². The van der Waals surface area contributed by atoms with E-state index >= 15 is 4.39 Å². The summed E-state index contributed by atoms with van der Waals surface area (Å²) < 4.78 is 30.4. The average Bonchev–Trinajstić information content (AvgIpc) is 3.10. The number of pyridine rings is 1. The van der Waals surface area contributed by atoms with Gasteiger partial charge in [-0.1, -0.05) is 12.1 Å². The number of nitrogens with one attached hydrogen (secondary N) is 2. The molecule has 3 amide bonds. The molecule has 0 radical (unpaired) electrons.